The van der Waals surface area contributed by atoms with Gasteiger partial charge in [0.25, 0.3) is 0 Å². The number of hydrogen-bond acceptors (Lipinski definition) is 5. The maximum Gasteiger partial charge on any atom is 0.240 e. The number of aromatic nitrogens is 1. The predicted molar refractivity (Wildman–Crippen MR) is 136 cm³/mol. The number of thiazole rings is 1. The molecule has 0 bridgehead atoms. The Labute approximate surface area is 199 Å². The fourth-order valence-electron chi connectivity index (χ4n) is 3.84. The second kappa shape index (κ2) is 15.0. The van der Waals surface area contributed by atoms with Gasteiger partial charge in [0.05, 0.1) is 26.7 Å². The first-order valence-electron chi connectivity index (χ1n) is 12.4. The first-order chi connectivity index (χ1) is 15.5. The number of unbranched alkanes of at least 4 members (excludes halogenated alkanes) is 8. The lowest BCUT2D eigenvalue weighted by molar-refractivity contribution is 0.0934. The van der Waals surface area contributed by atoms with Gasteiger partial charge in [0.1, 0.15) is 0 Å². The number of nitrogens with one attached hydrogen (secondary N) is 1. The van der Waals surface area contributed by atoms with Crippen LogP contribution < -0.4 is 4.72 Å². The molecule has 1 N–H and O–H groups in total. The number of benzene rings is 1. The van der Waals surface area contributed by atoms with Crippen LogP contribution in [0.15, 0.2) is 23.1 Å². The van der Waals surface area contributed by atoms with Crippen LogP contribution in [0.2, 0.25) is 0 Å². The lowest BCUT2D eigenvalue weighted by Crippen LogP contribution is -2.31. The number of nitrogens with zero attached hydrogens (tertiary/aromatic N) is 1. The van der Waals surface area contributed by atoms with Crippen molar-refractivity contribution in [3.8, 4) is 0 Å². The highest BCUT2D eigenvalue weighted by atomic mass is 32.2. The molecule has 0 saturated carbocycles. The molecule has 2 aromatic rings. The third-order valence-corrected chi connectivity index (χ3v) is 8.16. The second-order valence-electron chi connectivity index (χ2n) is 8.77. The normalized spacial score (nSPS) is 13.1. The van der Waals surface area contributed by atoms with Gasteiger partial charge < -0.3 is 4.74 Å². The molecule has 182 valence electrons. The van der Waals surface area contributed by atoms with Crippen molar-refractivity contribution in [2.24, 2.45) is 5.92 Å². The smallest absolute Gasteiger partial charge is 0.240 e. The van der Waals surface area contributed by atoms with Crippen LogP contribution >= 0.6 is 11.3 Å². The minimum absolute atomic E-state index is 0.205. The van der Waals surface area contributed by atoms with E-state index in [0.717, 1.165) is 41.1 Å². The van der Waals surface area contributed by atoms with E-state index in [1.807, 2.05) is 6.92 Å². The molecule has 0 aliphatic heterocycles. The van der Waals surface area contributed by atoms with Crippen LogP contribution in [0.1, 0.15) is 89.5 Å². The summed E-state index contributed by atoms with van der Waals surface area (Å²) in [5.74, 6) is 0.205. The molecular weight excluding hydrogens is 440 g/mol. The summed E-state index contributed by atoms with van der Waals surface area (Å²) in [5.41, 5.74) is 0.851. The predicted octanol–water partition coefficient (Wildman–Crippen LogP) is 6.85. The summed E-state index contributed by atoms with van der Waals surface area (Å²) in [7, 11) is -3.55. The Morgan fingerprint density at radius 3 is 2.44 bits per heavy atom. The highest BCUT2D eigenvalue weighted by molar-refractivity contribution is 7.89. The van der Waals surface area contributed by atoms with E-state index in [1.54, 1.807) is 18.2 Å². The van der Waals surface area contributed by atoms with Gasteiger partial charge >= 0.3 is 0 Å². The molecule has 1 unspecified atom stereocenters. The standard InChI is InChI=1S/C25H42N2O3S2/c1-4-6-8-10-11-12-14-22(20-30-17-13-9-7-5-2)19-26-32(28,29)23-15-16-24-25(18-23)31-21(3)27-24/h15-16,18,22,26H,4-14,17,19-20H2,1-3H3. The van der Waals surface area contributed by atoms with Crippen molar-refractivity contribution in [1.82, 2.24) is 9.71 Å². The number of sulfonamides is 1. The van der Waals surface area contributed by atoms with Gasteiger partial charge in [-0.25, -0.2) is 18.1 Å². The first kappa shape index (κ1) is 27.2. The molecule has 1 aromatic heterocycles. The van der Waals surface area contributed by atoms with E-state index in [0.29, 0.717) is 18.0 Å². The number of ether oxygens (including phenoxy) is 1. The summed E-state index contributed by atoms with van der Waals surface area (Å²) in [6, 6.07) is 5.17. The van der Waals surface area contributed by atoms with Gasteiger partial charge in [0.15, 0.2) is 0 Å². The molecule has 7 heteroatoms. The largest absolute Gasteiger partial charge is 0.381 e. The van der Waals surface area contributed by atoms with Gasteiger partial charge in [-0.15, -0.1) is 11.3 Å². The molecule has 1 atom stereocenters. The van der Waals surface area contributed by atoms with Crippen molar-refractivity contribution in [2.75, 3.05) is 19.8 Å². The van der Waals surface area contributed by atoms with Gasteiger partial charge in [-0.2, -0.15) is 0 Å². The number of hydrogen-bond donors (Lipinski definition) is 1. The molecule has 5 nitrogen and oxygen atoms in total. The van der Waals surface area contributed by atoms with E-state index < -0.39 is 10.0 Å². The zero-order valence-corrected chi connectivity index (χ0v) is 21.8. The quantitative estimate of drug-likeness (QED) is 0.236. The van der Waals surface area contributed by atoms with Crippen molar-refractivity contribution in [3.63, 3.8) is 0 Å². The molecule has 32 heavy (non-hydrogen) atoms. The third kappa shape index (κ3) is 9.86. The van der Waals surface area contributed by atoms with Crippen molar-refractivity contribution >= 4 is 31.6 Å². The van der Waals surface area contributed by atoms with Crippen LogP contribution in [0.25, 0.3) is 10.2 Å². The summed E-state index contributed by atoms with van der Waals surface area (Å²) in [6.07, 6.45) is 13.2. The third-order valence-electron chi connectivity index (χ3n) is 5.80. The highest BCUT2D eigenvalue weighted by Gasteiger charge is 2.18. The van der Waals surface area contributed by atoms with E-state index in [9.17, 15) is 8.42 Å². The zero-order chi connectivity index (χ0) is 23.2. The first-order valence-corrected chi connectivity index (χ1v) is 14.7. The average molecular weight is 483 g/mol. The van der Waals surface area contributed by atoms with Gasteiger partial charge in [-0.05, 0) is 43.9 Å². The fourth-order valence-corrected chi connectivity index (χ4v) is 5.92. The molecule has 0 aliphatic carbocycles. The number of fused-ring (bicyclic) bond motifs is 1. The summed E-state index contributed by atoms with van der Waals surface area (Å²) in [4.78, 5) is 4.73. The van der Waals surface area contributed by atoms with E-state index >= 15 is 0 Å². The summed E-state index contributed by atoms with van der Waals surface area (Å²) in [5, 5.41) is 0.942. The molecule has 1 aromatic carbocycles. The molecular formula is C25H42N2O3S2. The van der Waals surface area contributed by atoms with Crippen LogP contribution in [0.4, 0.5) is 0 Å². The molecule has 0 aliphatic rings. The van der Waals surface area contributed by atoms with Crippen molar-refractivity contribution in [3.05, 3.63) is 23.2 Å². The van der Waals surface area contributed by atoms with Gasteiger partial charge in [-0.1, -0.05) is 71.6 Å². The summed E-state index contributed by atoms with van der Waals surface area (Å²) >= 11 is 1.52. The minimum atomic E-state index is -3.55. The molecule has 0 spiro atoms. The minimum Gasteiger partial charge on any atom is -0.381 e. The van der Waals surface area contributed by atoms with Crippen LogP contribution in [0.5, 0.6) is 0 Å². The molecule has 0 radical (unpaired) electrons. The summed E-state index contributed by atoms with van der Waals surface area (Å²) < 4.78 is 35.5. The Morgan fingerprint density at radius 1 is 1.00 bits per heavy atom. The van der Waals surface area contributed by atoms with Crippen molar-refractivity contribution in [2.45, 2.75) is 96.3 Å². The van der Waals surface area contributed by atoms with E-state index in [1.165, 1.54) is 62.7 Å². The second-order valence-corrected chi connectivity index (χ2v) is 11.8. The average Bonchev–Trinajstić information content (AvgIpc) is 3.15. The lowest BCUT2D eigenvalue weighted by Gasteiger charge is -2.18. The van der Waals surface area contributed by atoms with Crippen LogP contribution in [0, 0.1) is 12.8 Å². The van der Waals surface area contributed by atoms with Gasteiger partial charge in [0.2, 0.25) is 10.0 Å². The van der Waals surface area contributed by atoms with Crippen LogP contribution in [0.3, 0.4) is 0 Å². The van der Waals surface area contributed by atoms with Crippen molar-refractivity contribution in [1.29, 1.82) is 0 Å². The van der Waals surface area contributed by atoms with Crippen molar-refractivity contribution < 1.29 is 13.2 Å². The van der Waals surface area contributed by atoms with Crippen LogP contribution in [-0.2, 0) is 14.8 Å². The van der Waals surface area contributed by atoms with Gasteiger partial charge in [-0.3, -0.25) is 0 Å². The maximum atomic E-state index is 12.9. The van der Waals surface area contributed by atoms with E-state index in [2.05, 4.69) is 23.6 Å². The molecule has 0 amide bonds. The number of rotatable bonds is 18. The Bertz CT molecular complexity index is 864. The molecule has 2 rings (SSSR count). The molecule has 1 heterocycles. The lowest BCUT2D eigenvalue weighted by atomic mass is 10.0. The SMILES string of the molecule is CCCCCCCCC(CNS(=O)(=O)c1ccc2nc(C)sc2c1)COCCCCCC. The Kier molecular flexibility index (Phi) is 12.8. The monoisotopic (exact) mass is 482 g/mol. The van der Waals surface area contributed by atoms with Gasteiger partial charge in [0, 0.05) is 13.2 Å². The molecule has 0 saturated heterocycles. The summed E-state index contributed by atoms with van der Waals surface area (Å²) in [6.45, 7) is 8.18. The zero-order valence-electron chi connectivity index (χ0n) is 20.2. The molecule has 0 fully saturated rings. The maximum absolute atomic E-state index is 12.9. The topological polar surface area (TPSA) is 68.3 Å². The Morgan fingerprint density at radius 2 is 1.69 bits per heavy atom. The number of aryl methyl sites for hydroxylation is 1. The van der Waals surface area contributed by atoms with E-state index in [4.69, 9.17) is 4.74 Å². The van der Waals surface area contributed by atoms with Crippen LogP contribution in [-0.4, -0.2) is 33.2 Å². The Hall–Kier alpha value is -1.02. The van der Waals surface area contributed by atoms with E-state index in [-0.39, 0.29) is 5.92 Å². The Balaban J connectivity index is 1.88. The fraction of sp³-hybridized carbons (Fsp3) is 0.720. The highest BCUT2D eigenvalue weighted by Crippen LogP contribution is 2.24.